The van der Waals surface area contributed by atoms with Crippen LogP contribution < -0.4 is 15.4 Å². The third kappa shape index (κ3) is 4.72. The van der Waals surface area contributed by atoms with E-state index >= 15 is 0 Å². The molecule has 1 aromatic heterocycles. The van der Waals surface area contributed by atoms with Crippen molar-refractivity contribution in [1.29, 1.82) is 0 Å². The second kappa shape index (κ2) is 8.18. The number of hydrogen-bond donors (Lipinski definition) is 2. The molecule has 0 aliphatic rings. The van der Waals surface area contributed by atoms with Crippen LogP contribution in [0.2, 0.25) is 0 Å². The lowest BCUT2D eigenvalue weighted by Gasteiger charge is -2.08. The fraction of sp³-hybridized carbons (Fsp3) is 0.150. The summed E-state index contributed by atoms with van der Waals surface area (Å²) in [5.41, 5.74) is 1.35. The fourth-order valence-electron chi connectivity index (χ4n) is 2.42. The Labute approximate surface area is 156 Å². The van der Waals surface area contributed by atoms with E-state index < -0.39 is 0 Å². The highest BCUT2D eigenvalue weighted by Crippen LogP contribution is 2.17. The second-order valence-corrected chi connectivity index (χ2v) is 5.77. The molecule has 2 N–H and O–H groups in total. The van der Waals surface area contributed by atoms with Gasteiger partial charge in [-0.05, 0) is 56.3 Å². The summed E-state index contributed by atoms with van der Waals surface area (Å²) < 4.78 is 10.3. The van der Waals surface area contributed by atoms with Crippen molar-refractivity contribution < 1.29 is 18.8 Å². The van der Waals surface area contributed by atoms with Crippen LogP contribution in [0, 0.1) is 6.92 Å². The van der Waals surface area contributed by atoms with Crippen LogP contribution in [0.15, 0.2) is 59.1 Å². The fourth-order valence-corrected chi connectivity index (χ4v) is 2.42. The van der Waals surface area contributed by atoms with E-state index in [0.29, 0.717) is 35.0 Å². The number of ether oxygens (including phenoxy) is 1. The Hall–Kier alpha value is -3.61. The lowest BCUT2D eigenvalue weighted by molar-refractivity contribution is 0.102. The topological polar surface area (TPSA) is 93.5 Å². The maximum atomic E-state index is 12.5. The van der Waals surface area contributed by atoms with Gasteiger partial charge in [-0.1, -0.05) is 11.2 Å². The summed E-state index contributed by atoms with van der Waals surface area (Å²) in [7, 11) is 0. The van der Waals surface area contributed by atoms with Gasteiger partial charge >= 0.3 is 0 Å². The SMILES string of the molecule is CCOc1ccc(NC(=O)c2cccc(C(=O)Nc3cc(C)on3)c2)cc1. The number of nitrogens with one attached hydrogen (secondary N) is 2. The van der Waals surface area contributed by atoms with Gasteiger partial charge < -0.3 is 19.9 Å². The summed E-state index contributed by atoms with van der Waals surface area (Å²) in [4.78, 5) is 24.8. The van der Waals surface area contributed by atoms with E-state index in [2.05, 4.69) is 15.8 Å². The Bertz CT molecular complexity index is 948. The van der Waals surface area contributed by atoms with E-state index in [1.165, 1.54) is 6.07 Å². The van der Waals surface area contributed by atoms with Crippen LogP contribution in [0.5, 0.6) is 5.75 Å². The summed E-state index contributed by atoms with van der Waals surface area (Å²) in [6, 6.07) is 15.1. The van der Waals surface area contributed by atoms with Crippen molar-refractivity contribution in [1.82, 2.24) is 5.16 Å². The minimum absolute atomic E-state index is 0.314. The number of hydrogen-bond acceptors (Lipinski definition) is 5. The predicted octanol–water partition coefficient (Wildman–Crippen LogP) is 3.89. The Morgan fingerprint density at radius 3 is 2.26 bits per heavy atom. The molecule has 2 aromatic carbocycles. The van der Waals surface area contributed by atoms with Crippen molar-refractivity contribution >= 4 is 23.3 Å². The van der Waals surface area contributed by atoms with Crippen LogP contribution in [0.25, 0.3) is 0 Å². The van der Waals surface area contributed by atoms with Crippen LogP contribution in [0.3, 0.4) is 0 Å². The molecule has 0 bridgehead atoms. The van der Waals surface area contributed by atoms with Gasteiger partial charge in [-0.3, -0.25) is 9.59 Å². The Morgan fingerprint density at radius 1 is 1.00 bits per heavy atom. The molecule has 0 aliphatic heterocycles. The number of benzene rings is 2. The number of rotatable bonds is 6. The van der Waals surface area contributed by atoms with Gasteiger partial charge in [0.05, 0.1) is 6.61 Å². The highest BCUT2D eigenvalue weighted by molar-refractivity contribution is 6.08. The Balaban J connectivity index is 1.68. The molecule has 3 aromatic rings. The molecular weight excluding hydrogens is 346 g/mol. The van der Waals surface area contributed by atoms with Gasteiger partial charge in [0.15, 0.2) is 5.82 Å². The molecule has 0 radical (unpaired) electrons. The second-order valence-electron chi connectivity index (χ2n) is 5.77. The van der Waals surface area contributed by atoms with Crippen molar-refractivity contribution in [2.45, 2.75) is 13.8 Å². The first-order chi connectivity index (χ1) is 13.0. The molecule has 7 nitrogen and oxygen atoms in total. The first kappa shape index (κ1) is 18.2. The highest BCUT2D eigenvalue weighted by atomic mass is 16.5. The normalized spacial score (nSPS) is 10.3. The minimum atomic E-state index is -0.376. The average Bonchev–Trinajstić information content (AvgIpc) is 3.08. The van der Waals surface area contributed by atoms with E-state index in [0.717, 1.165) is 5.75 Å². The minimum Gasteiger partial charge on any atom is -0.494 e. The monoisotopic (exact) mass is 365 g/mol. The molecule has 2 amide bonds. The molecule has 0 atom stereocenters. The van der Waals surface area contributed by atoms with Crippen molar-refractivity contribution in [3.8, 4) is 5.75 Å². The first-order valence-corrected chi connectivity index (χ1v) is 8.44. The van der Waals surface area contributed by atoms with Gasteiger partial charge in [-0.2, -0.15) is 0 Å². The van der Waals surface area contributed by atoms with E-state index in [-0.39, 0.29) is 11.8 Å². The highest BCUT2D eigenvalue weighted by Gasteiger charge is 2.12. The maximum absolute atomic E-state index is 12.5. The van der Waals surface area contributed by atoms with Gasteiger partial charge in [0.1, 0.15) is 11.5 Å². The van der Waals surface area contributed by atoms with Gasteiger partial charge in [0, 0.05) is 22.9 Å². The van der Waals surface area contributed by atoms with E-state index in [9.17, 15) is 9.59 Å². The number of carbonyl (C=O) groups is 2. The lowest BCUT2D eigenvalue weighted by Crippen LogP contribution is -2.15. The molecule has 3 rings (SSSR count). The zero-order valence-electron chi connectivity index (χ0n) is 15.0. The number of amides is 2. The molecule has 0 fully saturated rings. The lowest BCUT2D eigenvalue weighted by atomic mass is 10.1. The zero-order valence-corrected chi connectivity index (χ0v) is 15.0. The van der Waals surface area contributed by atoms with Gasteiger partial charge in [-0.25, -0.2) is 0 Å². The maximum Gasteiger partial charge on any atom is 0.256 e. The smallest absolute Gasteiger partial charge is 0.256 e. The summed E-state index contributed by atoms with van der Waals surface area (Å²) in [6.07, 6.45) is 0. The summed E-state index contributed by atoms with van der Waals surface area (Å²) in [5.74, 6) is 0.956. The molecule has 0 spiro atoms. The first-order valence-electron chi connectivity index (χ1n) is 8.44. The van der Waals surface area contributed by atoms with Crippen molar-refractivity contribution in [3.63, 3.8) is 0 Å². The van der Waals surface area contributed by atoms with Crippen LogP contribution >= 0.6 is 0 Å². The quantitative estimate of drug-likeness (QED) is 0.691. The molecule has 0 saturated heterocycles. The van der Waals surface area contributed by atoms with Crippen LogP contribution in [-0.2, 0) is 0 Å². The molecule has 0 saturated carbocycles. The van der Waals surface area contributed by atoms with Crippen molar-refractivity contribution in [2.75, 3.05) is 17.2 Å². The van der Waals surface area contributed by atoms with E-state index in [1.54, 1.807) is 55.5 Å². The summed E-state index contributed by atoms with van der Waals surface area (Å²) >= 11 is 0. The van der Waals surface area contributed by atoms with Gasteiger partial charge in [-0.15, -0.1) is 0 Å². The molecule has 138 valence electrons. The van der Waals surface area contributed by atoms with Gasteiger partial charge in [0.2, 0.25) is 0 Å². The van der Waals surface area contributed by atoms with E-state index in [1.807, 2.05) is 6.92 Å². The average molecular weight is 365 g/mol. The van der Waals surface area contributed by atoms with Crippen molar-refractivity contribution in [2.24, 2.45) is 0 Å². The van der Waals surface area contributed by atoms with Gasteiger partial charge in [0.25, 0.3) is 11.8 Å². The van der Waals surface area contributed by atoms with Crippen LogP contribution in [-0.4, -0.2) is 23.6 Å². The molecule has 0 unspecified atom stereocenters. The van der Waals surface area contributed by atoms with Crippen LogP contribution in [0.1, 0.15) is 33.4 Å². The number of aryl methyl sites for hydroxylation is 1. The Kier molecular flexibility index (Phi) is 5.51. The molecule has 27 heavy (non-hydrogen) atoms. The number of nitrogens with zero attached hydrogens (tertiary/aromatic N) is 1. The summed E-state index contributed by atoms with van der Waals surface area (Å²) in [5, 5.41) is 9.14. The Morgan fingerprint density at radius 2 is 1.67 bits per heavy atom. The predicted molar refractivity (Wildman–Crippen MR) is 101 cm³/mol. The standard InChI is InChI=1S/C20H19N3O4/c1-3-26-17-9-7-16(8-10-17)21-19(24)14-5-4-6-15(12-14)20(25)22-18-11-13(2)27-23-18/h4-12H,3H2,1-2H3,(H,21,24)(H,22,23,25). The van der Waals surface area contributed by atoms with E-state index in [4.69, 9.17) is 9.26 Å². The number of carbonyl (C=O) groups excluding carboxylic acids is 2. The van der Waals surface area contributed by atoms with Crippen molar-refractivity contribution in [3.05, 3.63) is 71.5 Å². The zero-order chi connectivity index (χ0) is 19.2. The molecule has 1 heterocycles. The van der Waals surface area contributed by atoms with Crippen LogP contribution in [0.4, 0.5) is 11.5 Å². The molecular formula is C20H19N3O4. The number of anilines is 2. The molecule has 7 heteroatoms. The third-order valence-corrected chi connectivity index (χ3v) is 3.68. The summed E-state index contributed by atoms with van der Waals surface area (Å²) in [6.45, 7) is 4.21. The largest absolute Gasteiger partial charge is 0.494 e. The molecule has 0 aliphatic carbocycles. The number of aromatic nitrogens is 1. The third-order valence-electron chi connectivity index (χ3n) is 3.68.